The fourth-order valence-electron chi connectivity index (χ4n) is 2.42. The van der Waals surface area contributed by atoms with Crippen molar-refractivity contribution in [3.05, 3.63) is 70.1 Å². The van der Waals surface area contributed by atoms with Gasteiger partial charge in [0.2, 0.25) is 0 Å². The van der Waals surface area contributed by atoms with Crippen LogP contribution in [0.15, 0.2) is 53.1 Å². The molecule has 1 heterocycles. The molecule has 22 heavy (non-hydrogen) atoms. The molecule has 0 saturated carbocycles. The van der Waals surface area contributed by atoms with Gasteiger partial charge in [0.1, 0.15) is 5.82 Å². The van der Waals surface area contributed by atoms with E-state index in [1.165, 1.54) is 12.1 Å². The third-order valence-corrected chi connectivity index (χ3v) is 4.02. The first kappa shape index (κ1) is 14.8. The van der Waals surface area contributed by atoms with Gasteiger partial charge < -0.3 is 10.3 Å². The van der Waals surface area contributed by atoms with Crippen LogP contribution in [0.3, 0.4) is 0 Å². The fourth-order valence-corrected chi connectivity index (χ4v) is 2.78. The highest BCUT2D eigenvalue weighted by molar-refractivity contribution is 9.10. The van der Waals surface area contributed by atoms with E-state index in [-0.39, 0.29) is 5.56 Å². The number of nitrogens with one attached hydrogen (secondary N) is 2. The molecule has 5 heteroatoms. The van der Waals surface area contributed by atoms with Crippen molar-refractivity contribution < 1.29 is 9.18 Å². The molecule has 0 unspecified atom stereocenters. The maximum Gasteiger partial charge on any atom is 0.254 e. The highest BCUT2D eigenvalue weighted by Gasteiger charge is 2.12. The van der Waals surface area contributed by atoms with E-state index in [9.17, 15) is 9.18 Å². The van der Waals surface area contributed by atoms with E-state index in [1.807, 2.05) is 30.5 Å². The van der Waals surface area contributed by atoms with E-state index in [0.717, 1.165) is 16.5 Å². The Kier molecular flexibility index (Phi) is 4.24. The molecule has 0 radical (unpaired) electrons. The lowest BCUT2D eigenvalue weighted by Crippen LogP contribution is -2.26. The van der Waals surface area contributed by atoms with Crippen molar-refractivity contribution in [3.63, 3.8) is 0 Å². The van der Waals surface area contributed by atoms with Crippen molar-refractivity contribution in [2.24, 2.45) is 0 Å². The Labute approximate surface area is 135 Å². The van der Waals surface area contributed by atoms with Gasteiger partial charge in [0.25, 0.3) is 5.91 Å². The molecule has 0 fully saturated rings. The third-order valence-electron chi connectivity index (χ3n) is 3.53. The highest BCUT2D eigenvalue weighted by Crippen LogP contribution is 2.18. The van der Waals surface area contributed by atoms with Crippen LogP contribution in [0.2, 0.25) is 0 Å². The van der Waals surface area contributed by atoms with Crippen LogP contribution in [0.4, 0.5) is 4.39 Å². The summed E-state index contributed by atoms with van der Waals surface area (Å²) in [5, 5.41) is 3.90. The molecular formula is C17H14BrFN2O. The Morgan fingerprint density at radius 2 is 2.05 bits per heavy atom. The van der Waals surface area contributed by atoms with E-state index in [4.69, 9.17) is 0 Å². The van der Waals surface area contributed by atoms with Crippen molar-refractivity contribution >= 4 is 32.7 Å². The number of aromatic amines is 1. The molecule has 1 amide bonds. The van der Waals surface area contributed by atoms with E-state index < -0.39 is 11.7 Å². The number of rotatable bonds is 4. The minimum atomic E-state index is -0.521. The first-order valence-electron chi connectivity index (χ1n) is 6.93. The van der Waals surface area contributed by atoms with Crippen LogP contribution in [-0.4, -0.2) is 17.4 Å². The number of para-hydroxylation sites is 1. The molecular weight excluding hydrogens is 347 g/mol. The van der Waals surface area contributed by atoms with Gasteiger partial charge in [0, 0.05) is 28.1 Å². The lowest BCUT2D eigenvalue weighted by molar-refractivity contribution is 0.0950. The summed E-state index contributed by atoms with van der Waals surface area (Å²) in [7, 11) is 0. The molecule has 1 aromatic heterocycles. The van der Waals surface area contributed by atoms with Gasteiger partial charge in [-0.15, -0.1) is 0 Å². The van der Waals surface area contributed by atoms with Crippen LogP contribution < -0.4 is 5.32 Å². The number of halogens is 2. The first-order valence-corrected chi connectivity index (χ1v) is 7.72. The summed E-state index contributed by atoms with van der Waals surface area (Å²) in [6, 6.07) is 12.3. The number of hydrogen-bond donors (Lipinski definition) is 2. The Hall–Kier alpha value is -2.14. The largest absolute Gasteiger partial charge is 0.361 e. The lowest BCUT2D eigenvalue weighted by Gasteiger charge is -2.06. The zero-order chi connectivity index (χ0) is 15.5. The number of amides is 1. The molecule has 0 atom stereocenters. The van der Waals surface area contributed by atoms with Crippen molar-refractivity contribution in [1.29, 1.82) is 0 Å². The predicted molar refractivity (Wildman–Crippen MR) is 88.4 cm³/mol. The summed E-state index contributed by atoms with van der Waals surface area (Å²) in [5.41, 5.74) is 2.25. The van der Waals surface area contributed by atoms with Gasteiger partial charge in [-0.25, -0.2) is 4.39 Å². The van der Waals surface area contributed by atoms with E-state index in [2.05, 4.69) is 26.2 Å². The quantitative estimate of drug-likeness (QED) is 0.724. The SMILES string of the molecule is O=C(NCCc1c[nH]c2ccccc12)c1cc(Br)ccc1F. The Morgan fingerprint density at radius 3 is 2.91 bits per heavy atom. The van der Waals surface area contributed by atoms with E-state index >= 15 is 0 Å². The molecule has 0 spiro atoms. The molecule has 3 nitrogen and oxygen atoms in total. The number of benzene rings is 2. The molecule has 3 rings (SSSR count). The predicted octanol–water partition coefficient (Wildman–Crippen LogP) is 4.04. The molecule has 2 aromatic carbocycles. The van der Waals surface area contributed by atoms with E-state index in [1.54, 1.807) is 6.07 Å². The van der Waals surface area contributed by atoms with E-state index in [0.29, 0.717) is 17.4 Å². The van der Waals surface area contributed by atoms with Gasteiger partial charge in [-0.05, 0) is 36.2 Å². The van der Waals surface area contributed by atoms with Gasteiger partial charge in [-0.2, -0.15) is 0 Å². The standard InChI is InChI=1S/C17H14BrFN2O/c18-12-5-6-15(19)14(9-12)17(22)20-8-7-11-10-21-16-4-2-1-3-13(11)16/h1-6,9-10,21H,7-8H2,(H,20,22). The van der Waals surface area contributed by atoms with Crippen molar-refractivity contribution in [2.75, 3.05) is 6.54 Å². The van der Waals surface area contributed by atoms with Crippen LogP contribution in [-0.2, 0) is 6.42 Å². The van der Waals surface area contributed by atoms with Crippen LogP contribution in [0.25, 0.3) is 10.9 Å². The average molecular weight is 361 g/mol. The summed E-state index contributed by atoms with van der Waals surface area (Å²) < 4.78 is 14.3. The maximum atomic E-state index is 13.6. The normalized spacial score (nSPS) is 10.8. The smallest absolute Gasteiger partial charge is 0.254 e. The second kappa shape index (κ2) is 6.32. The number of hydrogen-bond acceptors (Lipinski definition) is 1. The highest BCUT2D eigenvalue weighted by atomic mass is 79.9. The molecule has 0 aliphatic carbocycles. The second-order valence-electron chi connectivity index (χ2n) is 4.99. The Bertz CT molecular complexity index is 828. The van der Waals surface area contributed by atoms with Crippen LogP contribution in [0.5, 0.6) is 0 Å². The number of carbonyl (C=O) groups excluding carboxylic acids is 1. The molecule has 0 aliphatic rings. The number of fused-ring (bicyclic) bond motifs is 1. The maximum absolute atomic E-state index is 13.6. The topological polar surface area (TPSA) is 44.9 Å². The third kappa shape index (κ3) is 3.04. The van der Waals surface area contributed by atoms with Crippen molar-refractivity contribution in [2.45, 2.75) is 6.42 Å². The number of H-pyrrole nitrogens is 1. The van der Waals surface area contributed by atoms with Gasteiger partial charge in [0.05, 0.1) is 5.56 Å². The molecule has 2 N–H and O–H groups in total. The second-order valence-corrected chi connectivity index (χ2v) is 5.91. The van der Waals surface area contributed by atoms with Gasteiger partial charge in [0.15, 0.2) is 0 Å². The molecule has 3 aromatic rings. The average Bonchev–Trinajstić information content (AvgIpc) is 2.93. The van der Waals surface area contributed by atoms with Gasteiger partial charge in [-0.3, -0.25) is 4.79 Å². The molecule has 112 valence electrons. The fraction of sp³-hybridized carbons (Fsp3) is 0.118. The Morgan fingerprint density at radius 1 is 1.23 bits per heavy atom. The monoisotopic (exact) mass is 360 g/mol. The Balaban J connectivity index is 1.65. The van der Waals surface area contributed by atoms with Crippen LogP contribution >= 0.6 is 15.9 Å². The lowest BCUT2D eigenvalue weighted by atomic mass is 10.1. The van der Waals surface area contributed by atoms with Gasteiger partial charge in [-0.1, -0.05) is 34.1 Å². The molecule has 0 aliphatic heterocycles. The number of carbonyl (C=O) groups is 1. The first-order chi connectivity index (χ1) is 10.6. The van der Waals surface area contributed by atoms with Gasteiger partial charge >= 0.3 is 0 Å². The summed E-state index contributed by atoms with van der Waals surface area (Å²) in [6.07, 6.45) is 2.63. The minimum absolute atomic E-state index is 0.0494. The summed E-state index contributed by atoms with van der Waals surface area (Å²) in [5.74, 6) is -0.925. The van der Waals surface area contributed by atoms with Crippen molar-refractivity contribution in [1.82, 2.24) is 10.3 Å². The zero-order valence-electron chi connectivity index (χ0n) is 11.7. The molecule has 0 saturated heterocycles. The minimum Gasteiger partial charge on any atom is -0.361 e. The zero-order valence-corrected chi connectivity index (χ0v) is 13.3. The summed E-state index contributed by atoms with van der Waals surface area (Å²) >= 11 is 3.24. The van der Waals surface area contributed by atoms with Crippen molar-refractivity contribution in [3.8, 4) is 0 Å². The summed E-state index contributed by atoms with van der Waals surface area (Å²) in [6.45, 7) is 0.451. The summed E-state index contributed by atoms with van der Waals surface area (Å²) in [4.78, 5) is 15.2. The number of aromatic nitrogens is 1. The van der Waals surface area contributed by atoms with Crippen LogP contribution in [0.1, 0.15) is 15.9 Å². The molecule has 0 bridgehead atoms. The van der Waals surface area contributed by atoms with Crippen LogP contribution in [0, 0.1) is 5.82 Å².